The van der Waals surface area contributed by atoms with Crippen molar-refractivity contribution in [3.8, 4) is 0 Å². The lowest BCUT2D eigenvalue weighted by atomic mass is 10.3. The molecule has 0 aromatic carbocycles. The Bertz CT molecular complexity index is 349. The zero-order chi connectivity index (χ0) is 10.6. The summed E-state index contributed by atoms with van der Waals surface area (Å²) in [6.07, 6.45) is 4.45. The minimum Gasteiger partial charge on any atom is -0.292 e. The van der Waals surface area contributed by atoms with Crippen LogP contribution in [-0.2, 0) is 4.79 Å². The molecule has 0 fully saturated rings. The second-order valence-electron chi connectivity index (χ2n) is 2.75. The third kappa shape index (κ3) is 1.96. The van der Waals surface area contributed by atoms with E-state index in [2.05, 4.69) is 16.5 Å². The van der Waals surface area contributed by atoms with Gasteiger partial charge in [-0.1, -0.05) is 6.58 Å². The highest BCUT2D eigenvalue weighted by atomic mass is 16.2. The number of anilines is 1. The monoisotopic (exact) mass is 191 g/mol. The zero-order valence-electron chi connectivity index (χ0n) is 8.40. The molecule has 0 bridgehead atoms. The first-order valence-electron chi connectivity index (χ1n) is 4.42. The first-order valence-corrected chi connectivity index (χ1v) is 4.42. The van der Waals surface area contributed by atoms with Gasteiger partial charge >= 0.3 is 0 Å². The first-order chi connectivity index (χ1) is 6.70. The minimum absolute atomic E-state index is 0.156. The lowest BCUT2D eigenvalue weighted by molar-refractivity contribution is -0.114. The maximum atomic E-state index is 11.4. The molecule has 0 radical (unpaired) electrons. The topological polar surface area (TPSA) is 46.1 Å². The number of rotatable bonds is 3. The number of nitrogens with zero attached hydrogens (tertiary/aromatic N) is 3. The SMILES string of the molecule is C=CC(=O)N(CC)c1nccnc1C. The van der Waals surface area contributed by atoms with Crippen molar-refractivity contribution in [1.29, 1.82) is 0 Å². The van der Waals surface area contributed by atoms with Crippen LogP contribution in [0.2, 0.25) is 0 Å². The molecule has 1 heterocycles. The van der Waals surface area contributed by atoms with E-state index in [1.165, 1.54) is 11.0 Å². The van der Waals surface area contributed by atoms with Crippen molar-refractivity contribution >= 4 is 11.7 Å². The highest BCUT2D eigenvalue weighted by Gasteiger charge is 2.14. The molecule has 0 saturated heterocycles. The van der Waals surface area contributed by atoms with Crippen LogP contribution in [-0.4, -0.2) is 22.4 Å². The summed E-state index contributed by atoms with van der Waals surface area (Å²) in [6, 6.07) is 0. The molecule has 14 heavy (non-hydrogen) atoms. The van der Waals surface area contributed by atoms with Gasteiger partial charge in [0.15, 0.2) is 5.82 Å². The number of hydrogen-bond acceptors (Lipinski definition) is 3. The fourth-order valence-corrected chi connectivity index (χ4v) is 1.19. The second kappa shape index (κ2) is 4.50. The predicted octanol–water partition coefficient (Wildman–Crippen LogP) is 1.32. The summed E-state index contributed by atoms with van der Waals surface area (Å²) in [4.78, 5) is 21.2. The average Bonchev–Trinajstić information content (AvgIpc) is 2.21. The molecular formula is C10H13N3O. The molecule has 1 aromatic rings. The summed E-state index contributed by atoms with van der Waals surface area (Å²) in [7, 11) is 0. The smallest absolute Gasteiger partial charge is 0.251 e. The quantitative estimate of drug-likeness (QED) is 0.677. The second-order valence-corrected chi connectivity index (χ2v) is 2.75. The van der Waals surface area contributed by atoms with Gasteiger partial charge in [-0.05, 0) is 19.9 Å². The first kappa shape index (κ1) is 10.4. The largest absolute Gasteiger partial charge is 0.292 e. The van der Waals surface area contributed by atoms with E-state index >= 15 is 0 Å². The molecule has 0 aliphatic carbocycles. The molecular weight excluding hydrogens is 178 g/mol. The van der Waals surface area contributed by atoms with Gasteiger partial charge in [0.05, 0.1) is 5.69 Å². The zero-order valence-corrected chi connectivity index (χ0v) is 8.40. The van der Waals surface area contributed by atoms with E-state index in [4.69, 9.17) is 0 Å². The molecule has 0 aliphatic rings. The number of aromatic nitrogens is 2. The van der Waals surface area contributed by atoms with Crippen molar-refractivity contribution in [2.45, 2.75) is 13.8 Å². The highest BCUT2D eigenvalue weighted by Crippen LogP contribution is 2.13. The van der Waals surface area contributed by atoms with Crippen LogP contribution < -0.4 is 4.90 Å². The highest BCUT2D eigenvalue weighted by molar-refractivity contribution is 6.00. The Morgan fingerprint density at radius 3 is 2.71 bits per heavy atom. The summed E-state index contributed by atoms with van der Waals surface area (Å²) in [5.41, 5.74) is 0.740. The van der Waals surface area contributed by atoms with Gasteiger partial charge in [-0.25, -0.2) is 4.98 Å². The van der Waals surface area contributed by atoms with Crippen LogP contribution in [0.1, 0.15) is 12.6 Å². The van der Waals surface area contributed by atoms with Gasteiger partial charge in [0, 0.05) is 18.9 Å². The summed E-state index contributed by atoms with van der Waals surface area (Å²) >= 11 is 0. The van der Waals surface area contributed by atoms with E-state index in [-0.39, 0.29) is 5.91 Å². The van der Waals surface area contributed by atoms with E-state index < -0.39 is 0 Å². The van der Waals surface area contributed by atoms with Gasteiger partial charge in [0.2, 0.25) is 0 Å². The molecule has 4 heteroatoms. The summed E-state index contributed by atoms with van der Waals surface area (Å²) < 4.78 is 0. The van der Waals surface area contributed by atoms with E-state index in [0.717, 1.165) is 5.69 Å². The predicted molar refractivity (Wildman–Crippen MR) is 55.0 cm³/mol. The van der Waals surface area contributed by atoms with E-state index in [1.54, 1.807) is 12.4 Å². The van der Waals surface area contributed by atoms with Crippen molar-refractivity contribution in [2.24, 2.45) is 0 Å². The summed E-state index contributed by atoms with van der Waals surface area (Å²) in [5.74, 6) is 0.441. The number of carbonyl (C=O) groups excluding carboxylic acids is 1. The summed E-state index contributed by atoms with van der Waals surface area (Å²) in [5, 5.41) is 0. The third-order valence-electron chi connectivity index (χ3n) is 1.87. The van der Waals surface area contributed by atoms with E-state index in [0.29, 0.717) is 12.4 Å². The van der Waals surface area contributed by atoms with Crippen molar-refractivity contribution in [1.82, 2.24) is 9.97 Å². The fraction of sp³-hybridized carbons (Fsp3) is 0.300. The van der Waals surface area contributed by atoms with Gasteiger partial charge in [0.1, 0.15) is 0 Å². The van der Waals surface area contributed by atoms with E-state index in [9.17, 15) is 4.79 Å². The molecule has 0 unspecified atom stereocenters. The van der Waals surface area contributed by atoms with Crippen LogP contribution in [0.5, 0.6) is 0 Å². The standard InChI is InChI=1S/C10H13N3O/c1-4-9(14)13(5-2)10-8(3)11-6-7-12-10/h4,6-7H,1,5H2,2-3H3. The number of likely N-dealkylation sites (N-methyl/N-ethyl adjacent to an activating group) is 1. The maximum absolute atomic E-state index is 11.4. The van der Waals surface area contributed by atoms with Crippen LogP contribution in [0.3, 0.4) is 0 Å². The molecule has 1 rings (SSSR count). The normalized spacial score (nSPS) is 9.57. The Balaban J connectivity index is 3.06. The fourth-order valence-electron chi connectivity index (χ4n) is 1.19. The van der Waals surface area contributed by atoms with Crippen molar-refractivity contribution in [3.05, 3.63) is 30.7 Å². The number of carbonyl (C=O) groups is 1. The van der Waals surface area contributed by atoms with Crippen LogP contribution in [0, 0.1) is 6.92 Å². The maximum Gasteiger partial charge on any atom is 0.251 e. The number of aryl methyl sites for hydroxylation is 1. The van der Waals surface area contributed by atoms with Gasteiger partial charge in [-0.3, -0.25) is 14.7 Å². The van der Waals surface area contributed by atoms with Crippen molar-refractivity contribution in [2.75, 3.05) is 11.4 Å². The summed E-state index contributed by atoms with van der Waals surface area (Å²) in [6.45, 7) is 7.71. The van der Waals surface area contributed by atoms with Crippen molar-refractivity contribution in [3.63, 3.8) is 0 Å². The molecule has 1 amide bonds. The number of hydrogen-bond donors (Lipinski definition) is 0. The van der Waals surface area contributed by atoms with Crippen LogP contribution in [0.15, 0.2) is 25.0 Å². The lowest BCUT2D eigenvalue weighted by Gasteiger charge is -2.18. The molecule has 4 nitrogen and oxygen atoms in total. The lowest BCUT2D eigenvalue weighted by Crippen LogP contribution is -2.30. The van der Waals surface area contributed by atoms with E-state index in [1.807, 2.05) is 13.8 Å². The number of amides is 1. The van der Waals surface area contributed by atoms with Gasteiger partial charge in [-0.15, -0.1) is 0 Å². The third-order valence-corrected chi connectivity index (χ3v) is 1.87. The van der Waals surface area contributed by atoms with Crippen LogP contribution in [0.25, 0.3) is 0 Å². The van der Waals surface area contributed by atoms with Crippen LogP contribution >= 0.6 is 0 Å². The molecule has 1 aromatic heterocycles. The Morgan fingerprint density at radius 2 is 2.21 bits per heavy atom. The Kier molecular flexibility index (Phi) is 3.34. The average molecular weight is 191 g/mol. The van der Waals surface area contributed by atoms with Crippen LogP contribution in [0.4, 0.5) is 5.82 Å². The molecule has 0 aliphatic heterocycles. The Labute approximate surface area is 83.3 Å². The van der Waals surface area contributed by atoms with Gasteiger partial charge < -0.3 is 0 Å². The Hall–Kier alpha value is -1.71. The molecule has 0 atom stereocenters. The van der Waals surface area contributed by atoms with Gasteiger partial charge in [0.25, 0.3) is 5.91 Å². The minimum atomic E-state index is -0.156. The molecule has 0 N–H and O–H groups in total. The molecule has 0 saturated carbocycles. The van der Waals surface area contributed by atoms with Gasteiger partial charge in [-0.2, -0.15) is 0 Å². The molecule has 74 valence electrons. The Morgan fingerprint density at radius 1 is 1.57 bits per heavy atom. The van der Waals surface area contributed by atoms with Crippen molar-refractivity contribution < 1.29 is 4.79 Å². The molecule has 0 spiro atoms.